The van der Waals surface area contributed by atoms with Gasteiger partial charge in [-0.2, -0.15) is 5.10 Å². The monoisotopic (exact) mass is 332 g/mol. The minimum atomic E-state index is -0.299. The van der Waals surface area contributed by atoms with Crippen molar-refractivity contribution >= 4 is 23.2 Å². The van der Waals surface area contributed by atoms with Gasteiger partial charge in [0.25, 0.3) is 0 Å². The van der Waals surface area contributed by atoms with Crippen LogP contribution in [0.25, 0.3) is 22.3 Å². The first-order valence-electron chi connectivity index (χ1n) is 6.61. The van der Waals surface area contributed by atoms with Crippen molar-refractivity contribution in [2.45, 2.75) is 6.92 Å². The van der Waals surface area contributed by atoms with E-state index < -0.39 is 0 Å². The van der Waals surface area contributed by atoms with Crippen LogP contribution in [0.3, 0.4) is 0 Å². The predicted octanol–water partition coefficient (Wildman–Crippen LogP) is 5.56. The van der Waals surface area contributed by atoms with Crippen LogP contribution >= 0.6 is 23.2 Å². The number of halogens is 3. The number of hydrogen-bond donors (Lipinski definition) is 0. The molecule has 1 aromatic heterocycles. The molecule has 0 saturated carbocycles. The second-order valence-electron chi connectivity index (χ2n) is 4.84. The maximum atomic E-state index is 13.2. The number of hydrogen-bond acceptors (Lipinski definition) is 2. The maximum Gasteiger partial charge on any atom is 0.160 e. The molecule has 0 atom stereocenters. The Morgan fingerprint density at radius 2 is 1.32 bits per heavy atom. The lowest BCUT2D eigenvalue weighted by Crippen LogP contribution is -1.97. The fraction of sp³-hybridized carbons (Fsp3) is 0.0588. The minimum absolute atomic E-state index is 0.280. The highest BCUT2D eigenvalue weighted by molar-refractivity contribution is 6.33. The summed E-state index contributed by atoms with van der Waals surface area (Å²) in [6.07, 6.45) is 0. The van der Waals surface area contributed by atoms with Crippen molar-refractivity contribution < 1.29 is 4.39 Å². The van der Waals surface area contributed by atoms with Crippen LogP contribution < -0.4 is 0 Å². The van der Waals surface area contributed by atoms with E-state index in [2.05, 4.69) is 10.2 Å². The maximum absolute atomic E-state index is 13.2. The molecular formula is C17H11Cl2FN2. The van der Waals surface area contributed by atoms with Crippen LogP contribution in [0.15, 0.2) is 48.5 Å². The van der Waals surface area contributed by atoms with Gasteiger partial charge in [0.2, 0.25) is 0 Å². The van der Waals surface area contributed by atoms with Gasteiger partial charge in [-0.25, -0.2) is 4.39 Å². The fourth-order valence-electron chi connectivity index (χ4n) is 2.35. The molecule has 110 valence electrons. The Balaban J connectivity index is 2.27. The van der Waals surface area contributed by atoms with Gasteiger partial charge in [0.1, 0.15) is 5.82 Å². The molecule has 2 nitrogen and oxygen atoms in total. The molecule has 2 aromatic carbocycles. The molecule has 3 aromatic rings. The Kier molecular flexibility index (Phi) is 4.10. The lowest BCUT2D eigenvalue weighted by atomic mass is 9.95. The van der Waals surface area contributed by atoms with Gasteiger partial charge in [-0.15, -0.1) is 5.10 Å². The van der Waals surface area contributed by atoms with Crippen molar-refractivity contribution in [3.63, 3.8) is 0 Å². The summed E-state index contributed by atoms with van der Waals surface area (Å²) in [7, 11) is 0. The van der Waals surface area contributed by atoms with Crippen molar-refractivity contribution in [2.75, 3.05) is 0 Å². The van der Waals surface area contributed by atoms with E-state index in [1.54, 1.807) is 24.3 Å². The van der Waals surface area contributed by atoms with Crippen LogP contribution in [0, 0.1) is 12.7 Å². The largest absolute Gasteiger partial charge is 0.207 e. The zero-order chi connectivity index (χ0) is 15.7. The summed E-state index contributed by atoms with van der Waals surface area (Å²) >= 11 is 12.2. The molecule has 1 heterocycles. The SMILES string of the molecule is Cc1nnc(Cl)c(-c2ccc(F)cc2)c1-c1ccc(Cl)cc1. The predicted molar refractivity (Wildman–Crippen MR) is 87.6 cm³/mol. The average Bonchev–Trinajstić information content (AvgIpc) is 2.51. The van der Waals surface area contributed by atoms with Crippen molar-refractivity contribution in [2.24, 2.45) is 0 Å². The third kappa shape index (κ3) is 2.82. The molecule has 0 fully saturated rings. The Bertz CT molecular complexity index is 745. The molecule has 0 saturated heterocycles. The topological polar surface area (TPSA) is 25.8 Å². The van der Waals surface area contributed by atoms with E-state index in [1.807, 2.05) is 19.1 Å². The number of rotatable bonds is 2. The first-order chi connectivity index (χ1) is 10.6. The van der Waals surface area contributed by atoms with E-state index in [1.165, 1.54) is 12.1 Å². The molecule has 3 rings (SSSR count). The molecule has 0 aliphatic rings. The first kappa shape index (κ1) is 14.9. The standard InChI is InChI=1S/C17H11Cl2FN2/c1-10-15(11-2-6-13(18)7-3-11)16(17(19)22-21-10)12-4-8-14(20)9-5-12/h2-9H,1H3. The Hall–Kier alpha value is -1.97. The smallest absolute Gasteiger partial charge is 0.160 e. The summed E-state index contributed by atoms with van der Waals surface area (Å²) in [6.45, 7) is 1.86. The molecule has 0 aliphatic carbocycles. The average molecular weight is 333 g/mol. The van der Waals surface area contributed by atoms with Crippen molar-refractivity contribution in [3.05, 3.63) is 70.2 Å². The van der Waals surface area contributed by atoms with Crippen molar-refractivity contribution in [1.82, 2.24) is 10.2 Å². The number of aromatic nitrogens is 2. The van der Waals surface area contributed by atoms with Gasteiger partial charge in [0.15, 0.2) is 5.15 Å². The Morgan fingerprint density at radius 3 is 1.95 bits per heavy atom. The van der Waals surface area contributed by atoms with E-state index in [4.69, 9.17) is 23.2 Å². The Morgan fingerprint density at radius 1 is 0.773 bits per heavy atom. The van der Waals surface area contributed by atoms with Crippen LogP contribution in [0.1, 0.15) is 5.69 Å². The lowest BCUT2D eigenvalue weighted by Gasteiger charge is -2.13. The van der Waals surface area contributed by atoms with Crippen LogP contribution in [0.5, 0.6) is 0 Å². The number of benzene rings is 2. The number of nitrogens with zero attached hydrogens (tertiary/aromatic N) is 2. The molecule has 0 spiro atoms. The summed E-state index contributed by atoms with van der Waals surface area (Å²) in [5.74, 6) is -0.299. The van der Waals surface area contributed by atoms with Crippen molar-refractivity contribution in [1.29, 1.82) is 0 Å². The van der Waals surface area contributed by atoms with Gasteiger partial charge in [-0.1, -0.05) is 47.5 Å². The van der Waals surface area contributed by atoms with Gasteiger partial charge in [0, 0.05) is 16.1 Å². The third-order valence-electron chi connectivity index (χ3n) is 3.37. The summed E-state index contributed by atoms with van der Waals surface area (Å²) in [6, 6.07) is 13.6. The zero-order valence-corrected chi connectivity index (χ0v) is 13.2. The first-order valence-corrected chi connectivity index (χ1v) is 7.36. The number of aryl methyl sites for hydroxylation is 1. The summed E-state index contributed by atoms with van der Waals surface area (Å²) < 4.78 is 13.2. The highest BCUT2D eigenvalue weighted by Gasteiger charge is 2.16. The second-order valence-corrected chi connectivity index (χ2v) is 5.63. The molecule has 0 unspecified atom stereocenters. The molecule has 0 amide bonds. The van der Waals surface area contributed by atoms with Crippen LogP contribution in [0.2, 0.25) is 10.2 Å². The van der Waals surface area contributed by atoms with Gasteiger partial charge in [-0.3, -0.25) is 0 Å². The molecule has 0 radical (unpaired) electrons. The third-order valence-corrected chi connectivity index (χ3v) is 3.89. The van der Waals surface area contributed by atoms with E-state index in [9.17, 15) is 4.39 Å². The summed E-state index contributed by atoms with van der Waals surface area (Å²) in [5, 5.41) is 9.00. The molecule has 0 N–H and O–H groups in total. The molecular weight excluding hydrogens is 322 g/mol. The minimum Gasteiger partial charge on any atom is -0.207 e. The van der Waals surface area contributed by atoms with Crippen LogP contribution in [0.4, 0.5) is 4.39 Å². The van der Waals surface area contributed by atoms with Gasteiger partial charge in [0.05, 0.1) is 5.69 Å². The van der Waals surface area contributed by atoms with E-state index in [0.717, 1.165) is 27.9 Å². The molecule has 22 heavy (non-hydrogen) atoms. The molecule has 0 bridgehead atoms. The van der Waals surface area contributed by atoms with Gasteiger partial charge in [-0.05, 0) is 42.3 Å². The lowest BCUT2D eigenvalue weighted by molar-refractivity contribution is 0.628. The second kappa shape index (κ2) is 6.03. The van der Waals surface area contributed by atoms with Crippen molar-refractivity contribution in [3.8, 4) is 22.3 Å². The molecule has 5 heteroatoms. The molecule has 0 aliphatic heterocycles. The van der Waals surface area contributed by atoms with E-state index >= 15 is 0 Å². The highest BCUT2D eigenvalue weighted by atomic mass is 35.5. The van der Waals surface area contributed by atoms with E-state index in [0.29, 0.717) is 5.02 Å². The quantitative estimate of drug-likeness (QED) is 0.613. The Labute approximate surface area is 137 Å². The normalized spacial score (nSPS) is 10.7. The summed E-state index contributed by atoms with van der Waals surface area (Å²) in [4.78, 5) is 0. The fourth-order valence-corrected chi connectivity index (χ4v) is 2.72. The highest BCUT2D eigenvalue weighted by Crippen LogP contribution is 2.38. The van der Waals surface area contributed by atoms with Gasteiger partial charge < -0.3 is 0 Å². The van der Waals surface area contributed by atoms with E-state index in [-0.39, 0.29) is 11.0 Å². The summed E-state index contributed by atoms with van der Waals surface area (Å²) in [5.41, 5.74) is 4.05. The zero-order valence-electron chi connectivity index (χ0n) is 11.6. The van der Waals surface area contributed by atoms with Crippen LogP contribution in [-0.2, 0) is 0 Å². The van der Waals surface area contributed by atoms with Crippen LogP contribution in [-0.4, -0.2) is 10.2 Å². The van der Waals surface area contributed by atoms with Gasteiger partial charge >= 0.3 is 0 Å².